The van der Waals surface area contributed by atoms with Crippen molar-refractivity contribution >= 4 is 5.96 Å². The van der Waals surface area contributed by atoms with Gasteiger partial charge >= 0.3 is 0 Å². The van der Waals surface area contributed by atoms with E-state index >= 15 is 0 Å². The molecule has 0 fully saturated rings. The Morgan fingerprint density at radius 1 is 1.80 bits per heavy atom. The lowest BCUT2D eigenvalue weighted by Gasteiger charge is -2.18. The van der Waals surface area contributed by atoms with Gasteiger partial charge in [-0.2, -0.15) is 0 Å². The fourth-order valence-electron chi connectivity index (χ4n) is 0.399. The molecular formula is C4H13N5O. The van der Waals surface area contributed by atoms with Crippen molar-refractivity contribution in [3.8, 4) is 0 Å². The summed E-state index contributed by atoms with van der Waals surface area (Å²) < 4.78 is 0. The molecule has 0 heterocycles. The Morgan fingerprint density at radius 3 is 2.70 bits per heavy atom. The minimum atomic E-state index is -0.198. The second-order valence-corrected chi connectivity index (χ2v) is 1.53. The molecule has 0 aromatic rings. The SMILES string of the molecule is CNN(OCCN)C(=N)N. The van der Waals surface area contributed by atoms with E-state index in [0.717, 1.165) is 5.17 Å². The topological polar surface area (TPSA) is 100 Å². The van der Waals surface area contributed by atoms with Crippen LogP contribution in [-0.2, 0) is 4.84 Å². The van der Waals surface area contributed by atoms with Crippen LogP contribution in [-0.4, -0.2) is 31.3 Å². The van der Waals surface area contributed by atoms with Crippen LogP contribution in [0, 0.1) is 5.41 Å². The molecular weight excluding hydrogens is 134 g/mol. The Bertz CT molecular complexity index is 106. The van der Waals surface area contributed by atoms with Gasteiger partial charge in [0.2, 0.25) is 5.96 Å². The molecule has 60 valence electrons. The average Bonchev–Trinajstić information content (AvgIpc) is 1.89. The number of guanidine groups is 1. The Kier molecular flexibility index (Phi) is 4.55. The molecule has 0 radical (unpaired) electrons. The zero-order chi connectivity index (χ0) is 7.98. The number of nitrogens with two attached hydrogens (primary N) is 2. The number of rotatable bonds is 4. The highest BCUT2D eigenvalue weighted by Crippen LogP contribution is 1.79. The van der Waals surface area contributed by atoms with E-state index in [-0.39, 0.29) is 5.96 Å². The van der Waals surface area contributed by atoms with Crippen molar-refractivity contribution in [1.82, 2.24) is 10.6 Å². The number of hydrogen-bond donors (Lipinski definition) is 4. The zero-order valence-corrected chi connectivity index (χ0v) is 5.92. The summed E-state index contributed by atoms with van der Waals surface area (Å²) in [5, 5.41) is 7.94. The smallest absolute Gasteiger partial charge is 0.229 e. The van der Waals surface area contributed by atoms with Gasteiger partial charge in [0, 0.05) is 13.6 Å². The summed E-state index contributed by atoms with van der Waals surface area (Å²) in [6, 6.07) is 0. The van der Waals surface area contributed by atoms with Gasteiger partial charge in [0.05, 0.1) is 6.61 Å². The Labute approximate surface area is 59.5 Å². The lowest BCUT2D eigenvalue weighted by atomic mass is 10.7. The summed E-state index contributed by atoms with van der Waals surface area (Å²) in [6.07, 6.45) is 0. The van der Waals surface area contributed by atoms with Gasteiger partial charge in [0.25, 0.3) is 0 Å². The minimum absolute atomic E-state index is 0.198. The Balaban J connectivity index is 3.50. The van der Waals surface area contributed by atoms with Gasteiger partial charge in [-0.05, 0) is 0 Å². The fraction of sp³-hybridized carbons (Fsp3) is 0.750. The number of nitrogens with one attached hydrogen (secondary N) is 2. The van der Waals surface area contributed by atoms with Crippen LogP contribution in [0.25, 0.3) is 0 Å². The fourth-order valence-corrected chi connectivity index (χ4v) is 0.399. The molecule has 0 aliphatic rings. The lowest BCUT2D eigenvalue weighted by molar-refractivity contribution is -0.129. The van der Waals surface area contributed by atoms with Crippen LogP contribution < -0.4 is 16.9 Å². The van der Waals surface area contributed by atoms with E-state index in [2.05, 4.69) is 5.43 Å². The van der Waals surface area contributed by atoms with Gasteiger partial charge in [0.15, 0.2) is 0 Å². The van der Waals surface area contributed by atoms with Crippen molar-refractivity contribution in [2.24, 2.45) is 11.5 Å². The van der Waals surface area contributed by atoms with Gasteiger partial charge in [-0.3, -0.25) is 10.2 Å². The first kappa shape index (κ1) is 9.15. The molecule has 0 bridgehead atoms. The molecule has 0 saturated carbocycles. The van der Waals surface area contributed by atoms with E-state index in [1.54, 1.807) is 7.05 Å². The molecule has 0 saturated heterocycles. The molecule has 6 N–H and O–H groups in total. The molecule has 0 unspecified atom stereocenters. The van der Waals surface area contributed by atoms with Crippen LogP contribution in [0.1, 0.15) is 0 Å². The largest absolute Gasteiger partial charge is 0.367 e. The van der Waals surface area contributed by atoms with Gasteiger partial charge in [-0.1, -0.05) is 0 Å². The third-order valence-electron chi connectivity index (χ3n) is 0.760. The van der Waals surface area contributed by atoms with Crippen molar-refractivity contribution in [3.63, 3.8) is 0 Å². The maximum absolute atomic E-state index is 6.91. The zero-order valence-electron chi connectivity index (χ0n) is 5.92. The van der Waals surface area contributed by atoms with E-state index in [1.165, 1.54) is 0 Å². The molecule has 0 rings (SSSR count). The molecule has 0 spiro atoms. The van der Waals surface area contributed by atoms with Crippen LogP contribution >= 0.6 is 0 Å². The van der Waals surface area contributed by atoms with Crippen LogP contribution in [0.4, 0.5) is 0 Å². The van der Waals surface area contributed by atoms with E-state index in [1.807, 2.05) is 0 Å². The maximum Gasteiger partial charge on any atom is 0.229 e. The second kappa shape index (κ2) is 4.98. The first-order valence-electron chi connectivity index (χ1n) is 2.87. The third kappa shape index (κ3) is 3.23. The predicted octanol–water partition coefficient (Wildman–Crippen LogP) is -1.79. The number of nitrogens with zero attached hydrogens (tertiary/aromatic N) is 1. The highest BCUT2D eigenvalue weighted by molar-refractivity contribution is 5.72. The number of hydrogen-bond acceptors (Lipinski definition) is 4. The summed E-state index contributed by atoms with van der Waals surface area (Å²) in [7, 11) is 1.60. The third-order valence-corrected chi connectivity index (χ3v) is 0.760. The van der Waals surface area contributed by atoms with Gasteiger partial charge in [-0.15, -0.1) is 5.17 Å². The highest BCUT2D eigenvalue weighted by atomic mass is 16.7. The summed E-state index contributed by atoms with van der Waals surface area (Å²) in [4.78, 5) is 4.85. The minimum Gasteiger partial charge on any atom is -0.367 e. The number of hydrazine groups is 1. The summed E-state index contributed by atoms with van der Waals surface area (Å²) in [5.41, 5.74) is 12.8. The van der Waals surface area contributed by atoms with Crippen LogP contribution in [0.15, 0.2) is 0 Å². The molecule has 0 aliphatic heterocycles. The Morgan fingerprint density at radius 2 is 2.40 bits per heavy atom. The predicted molar refractivity (Wildman–Crippen MR) is 37.8 cm³/mol. The van der Waals surface area contributed by atoms with Crippen LogP contribution in [0.3, 0.4) is 0 Å². The first-order chi connectivity index (χ1) is 4.72. The molecule has 0 aromatic heterocycles. The van der Waals surface area contributed by atoms with E-state index in [4.69, 9.17) is 21.7 Å². The highest BCUT2D eigenvalue weighted by Gasteiger charge is 2.01. The van der Waals surface area contributed by atoms with Gasteiger partial charge < -0.3 is 11.5 Å². The number of hydroxylamine groups is 1. The Hall–Kier alpha value is -0.850. The molecule has 0 aromatic carbocycles. The normalized spacial score (nSPS) is 9.40. The van der Waals surface area contributed by atoms with Crippen LogP contribution in [0.5, 0.6) is 0 Å². The first-order valence-corrected chi connectivity index (χ1v) is 2.87. The molecule has 0 atom stereocenters. The molecule has 0 amide bonds. The second-order valence-electron chi connectivity index (χ2n) is 1.53. The van der Waals surface area contributed by atoms with Crippen molar-refractivity contribution in [2.75, 3.05) is 20.2 Å². The molecule has 10 heavy (non-hydrogen) atoms. The van der Waals surface area contributed by atoms with Gasteiger partial charge in [0.1, 0.15) is 0 Å². The molecule has 6 nitrogen and oxygen atoms in total. The van der Waals surface area contributed by atoms with Crippen molar-refractivity contribution in [1.29, 1.82) is 5.41 Å². The summed E-state index contributed by atoms with van der Waals surface area (Å²) >= 11 is 0. The lowest BCUT2D eigenvalue weighted by Crippen LogP contribution is -2.45. The van der Waals surface area contributed by atoms with E-state index < -0.39 is 0 Å². The van der Waals surface area contributed by atoms with E-state index in [0.29, 0.717) is 13.2 Å². The van der Waals surface area contributed by atoms with Crippen molar-refractivity contribution < 1.29 is 4.84 Å². The summed E-state index contributed by atoms with van der Waals surface area (Å²) in [5.74, 6) is -0.198. The summed E-state index contributed by atoms with van der Waals surface area (Å²) in [6.45, 7) is 0.728. The van der Waals surface area contributed by atoms with Crippen molar-refractivity contribution in [2.45, 2.75) is 0 Å². The monoisotopic (exact) mass is 147 g/mol. The molecule has 6 heteroatoms. The van der Waals surface area contributed by atoms with E-state index in [9.17, 15) is 0 Å². The maximum atomic E-state index is 6.91. The van der Waals surface area contributed by atoms with Gasteiger partial charge in [-0.25, -0.2) is 5.43 Å². The average molecular weight is 147 g/mol. The molecule has 0 aliphatic carbocycles. The standard InChI is InChI=1S/C4H13N5O/c1-8-9(4(6)7)10-3-2-5/h8H,2-3,5H2,1H3,(H3,6,7). The van der Waals surface area contributed by atoms with Crippen molar-refractivity contribution in [3.05, 3.63) is 0 Å². The van der Waals surface area contributed by atoms with Crippen LogP contribution in [0.2, 0.25) is 0 Å². The quantitative estimate of drug-likeness (QED) is 0.214.